The third kappa shape index (κ3) is 2.69. The topological polar surface area (TPSA) is 42.2 Å². The van der Waals surface area contributed by atoms with Crippen LogP contribution < -0.4 is 5.32 Å². The Labute approximate surface area is 154 Å². The molecular formula is C19H20N4S2. The van der Waals surface area contributed by atoms with Crippen LogP contribution >= 0.6 is 22.7 Å². The van der Waals surface area contributed by atoms with Gasteiger partial charge in [0.2, 0.25) is 0 Å². The van der Waals surface area contributed by atoms with Gasteiger partial charge in [-0.15, -0.1) is 11.3 Å². The summed E-state index contributed by atoms with van der Waals surface area (Å²) in [7, 11) is 0. The molecule has 0 amide bonds. The molecule has 0 spiro atoms. The molecule has 0 saturated carbocycles. The molecule has 1 aromatic carbocycles. The van der Waals surface area contributed by atoms with E-state index in [0.717, 1.165) is 28.6 Å². The van der Waals surface area contributed by atoms with Crippen LogP contribution in [0.5, 0.6) is 0 Å². The van der Waals surface area contributed by atoms with E-state index >= 15 is 0 Å². The van der Waals surface area contributed by atoms with E-state index in [4.69, 9.17) is 4.98 Å². The van der Waals surface area contributed by atoms with Crippen molar-refractivity contribution in [2.45, 2.75) is 32.6 Å². The highest BCUT2D eigenvalue weighted by molar-refractivity contribution is 7.20. The van der Waals surface area contributed by atoms with Crippen molar-refractivity contribution < 1.29 is 0 Å². The highest BCUT2D eigenvalue weighted by atomic mass is 32.1. The summed E-state index contributed by atoms with van der Waals surface area (Å²) in [5.74, 6) is 0.607. The highest BCUT2D eigenvalue weighted by Gasteiger charge is 2.19. The summed E-state index contributed by atoms with van der Waals surface area (Å²) in [6.45, 7) is 6.44. The average Bonchev–Trinajstić information content (AvgIpc) is 3.27. The lowest BCUT2D eigenvalue weighted by Crippen LogP contribution is -2.26. The van der Waals surface area contributed by atoms with Gasteiger partial charge in [-0.2, -0.15) is 0 Å². The number of thiazole rings is 2. The maximum Gasteiger partial charge on any atom is 0.194 e. The number of hydrogen-bond donors (Lipinski definition) is 1. The van der Waals surface area contributed by atoms with Gasteiger partial charge in [-0.25, -0.2) is 9.97 Å². The second kappa shape index (κ2) is 5.90. The fourth-order valence-electron chi connectivity index (χ4n) is 3.71. The monoisotopic (exact) mass is 368 g/mol. The van der Waals surface area contributed by atoms with Gasteiger partial charge in [0.15, 0.2) is 4.96 Å². The van der Waals surface area contributed by atoms with Crippen LogP contribution in [0.25, 0.3) is 25.6 Å². The second-order valence-corrected chi connectivity index (χ2v) is 9.09. The Kier molecular flexibility index (Phi) is 3.66. The predicted octanol–water partition coefficient (Wildman–Crippen LogP) is 4.76. The predicted molar refractivity (Wildman–Crippen MR) is 106 cm³/mol. The molecule has 4 aromatic rings. The Balaban J connectivity index is 1.53. The number of imidazole rings is 1. The Morgan fingerprint density at radius 1 is 1.08 bits per heavy atom. The first-order valence-corrected chi connectivity index (χ1v) is 10.4. The highest BCUT2D eigenvalue weighted by Crippen LogP contribution is 2.35. The number of benzene rings is 1. The fourth-order valence-corrected chi connectivity index (χ4v) is 5.62. The van der Waals surface area contributed by atoms with Crippen molar-refractivity contribution in [3.63, 3.8) is 0 Å². The lowest BCUT2D eigenvalue weighted by atomic mass is 9.95. The number of hydrogen-bond acceptors (Lipinski definition) is 5. The molecule has 1 aliphatic heterocycles. The van der Waals surface area contributed by atoms with Gasteiger partial charge in [-0.1, -0.05) is 11.3 Å². The Bertz CT molecular complexity index is 1030. The molecule has 5 rings (SSSR count). The lowest BCUT2D eigenvalue weighted by molar-refractivity contribution is 0.454. The zero-order chi connectivity index (χ0) is 17.0. The maximum atomic E-state index is 4.92. The van der Waals surface area contributed by atoms with E-state index in [1.54, 1.807) is 22.7 Å². The van der Waals surface area contributed by atoms with Crippen LogP contribution in [0.15, 0.2) is 24.5 Å². The molecule has 1 N–H and O–H groups in total. The van der Waals surface area contributed by atoms with Crippen LogP contribution in [-0.2, 0) is 0 Å². The number of piperidine rings is 1. The second-order valence-electron chi connectivity index (χ2n) is 6.85. The fraction of sp³-hybridized carbons (Fsp3) is 0.368. The molecule has 3 aromatic heterocycles. The van der Waals surface area contributed by atoms with Crippen LogP contribution in [0.2, 0.25) is 0 Å². The van der Waals surface area contributed by atoms with Gasteiger partial charge in [0.1, 0.15) is 0 Å². The molecule has 1 saturated heterocycles. The molecule has 0 atom stereocenters. The van der Waals surface area contributed by atoms with Gasteiger partial charge in [-0.05, 0) is 63.0 Å². The van der Waals surface area contributed by atoms with Crippen LogP contribution in [0.1, 0.15) is 35.0 Å². The number of aryl methyl sites for hydroxylation is 2. The molecule has 25 heavy (non-hydrogen) atoms. The zero-order valence-corrected chi connectivity index (χ0v) is 16.0. The zero-order valence-electron chi connectivity index (χ0n) is 14.4. The molecule has 0 aliphatic carbocycles. The van der Waals surface area contributed by atoms with E-state index in [2.05, 4.69) is 53.1 Å². The van der Waals surface area contributed by atoms with E-state index in [0.29, 0.717) is 5.92 Å². The summed E-state index contributed by atoms with van der Waals surface area (Å²) >= 11 is 3.55. The van der Waals surface area contributed by atoms with E-state index in [1.165, 1.54) is 39.2 Å². The minimum absolute atomic E-state index is 0.607. The molecule has 1 fully saturated rings. The quantitative estimate of drug-likeness (QED) is 0.555. The molecular weight excluding hydrogens is 348 g/mol. The molecule has 4 heterocycles. The first-order valence-electron chi connectivity index (χ1n) is 8.75. The molecule has 0 unspecified atom stereocenters. The SMILES string of the molecule is Cc1nc2c(C)cc(-c3cn4cc(C5CCNCC5)nc4s3)cc2s1. The third-order valence-electron chi connectivity index (χ3n) is 5.01. The summed E-state index contributed by atoms with van der Waals surface area (Å²) in [6.07, 6.45) is 6.84. The van der Waals surface area contributed by atoms with Gasteiger partial charge in [0, 0.05) is 18.3 Å². The van der Waals surface area contributed by atoms with Crippen LogP contribution in [-0.4, -0.2) is 27.5 Å². The van der Waals surface area contributed by atoms with Crippen LogP contribution in [0.4, 0.5) is 0 Å². The first kappa shape index (κ1) is 15.5. The van der Waals surface area contributed by atoms with Crippen molar-refractivity contribution in [3.05, 3.63) is 40.8 Å². The molecule has 1 aliphatic rings. The summed E-state index contributed by atoms with van der Waals surface area (Å²) < 4.78 is 3.48. The van der Waals surface area contributed by atoms with Gasteiger partial charge >= 0.3 is 0 Å². The van der Waals surface area contributed by atoms with Crippen molar-refractivity contribution in [3.8, 4) is 10.4 Å². The van der Waals surface area contributed by atoms with Crippen molar-refractivity contribution in [1.82, 2.24) is 19.7 Å². The number of fused-ring (bicyclic) bond motifs is 2. The average molecular weight is 369 g/mol. The van der Waals surface area contributed by atoms with E-state index in [-0.39, 0.29) is 0 Å². The summed E-state index contributed by atoms with van der Waals surface area (Å²) in [6, 6.07) is 4.52. The van der Waals surface area contributed by atoms with Gasteiger partial charge in [0.05, 0.1) is 25.8 Å². The largest absolute Gasteiger partial charge is 0.317 e. The molecule has 0 radical (unpaired) electrons. The standard InChI is InChI=1S/C19H20N4S2/c1-11-7-14(8-16-18(11)21-12(2)24-16)17-10-23-9-15(22-19(23)25-17)13-3-5-20-6-4-13/h7-10,13,20H,3-6H2,1-2H3. The molecule has 4 nitrogen and oxygen atoms in total. The summed E-state index contributed by atoms with van der Waals surface area (Å²) in [5.41, 5.74) is 4.91. The Morgan fingerprint density at radius 2 is 1.92 bits per heavy atom. The molecule has 0 bridgehead atoms. The Morgan fingerprint density at radius 3 is 2.72 bits per heavy atom. The van der Waals surface area contributed by atoms with Crippen LogP contribution in [0, 0.1) is 13.8 Å². The molecule has 6 heteroatoms. The Hall–Kier alpha value is -1.76. The summed E-state index contributed by atoms with van der Waals surface area (Å²) in [5, 5.41) is 4.56. The van der Waals surface area contributed by atoms with Gasteiger partial charge in [0.25, 0.3) is 0 Å². The number of aromatic nitrogens is 3. The van der Waals surface area contributed by atoms with E-state index < -0.39 is 0 Å². The van der Waals surface area contributed by atoms with E-state index in [9.17, 15) is 0 Å². The number of nitrogens with zero attached hydrogens (tertiary/aromatic N) is 3. The minimum atomic E-state index is 0.607. The third-order valence-corrected chi connectivity index (χ3v) is 6.97. The smallest absolute Gasteiger partial charge is 0.194 e. The van der Waals surface area contributed by atoms with Crippen molar-refractivity contribution >= 4 is 37.9 Å². The van der Waals surface area contributed by atoms with Crippen LogP contribution in [0.3, 0.4) is 0 Å². The normalized spacial score (nSPS) is 16.2. The number of rotatable bonds is 2. The van der Waals surface area contributed by atoms with Crippen molar-refractivity contribution in [1.29, 1.82) is 0 Å². The van der Waals surface area contributed by atoms with Gasteiger partial charge in [-0.3, -0.25) is 4.40 Å². The molecule has 128 valence electrons. The maximum absolute atomic E-state index is 4.92. The van der Waals surface area contributed by atoms with Gasteiger partial charge < -0.3 is 5.32 Å². The summed E-state index contributed by atoms with van der Waals surface area (Å²) in [4.78, 5) is 11.9. The van der Waals surface area contributed by atoms with Crippen molar-refractivity contribution in [2.75, 3.05) is 13.1 Å². The minimum Gasteiger partial charge on any atom is -0.317 e. The first-order chi connectivity index (χ1) is 12.2. The van der Waals surface area contributed by atoms with Crippen molar-refractivity contribution in [2.24, 2.45) is 0 Å². The lowest BCUT2D eigenvalue weighted by Gasteiger charge is -2.20. The van der Waals surface area contributed by atoms with E-state index in [1.807, 2.05) is 0 Å². The number of nitrogens with one attached hydrogen (secondary N) is 1.